The molecule has 0 saturated carbocycles. The topological polar surface area (TPSA) is 108 Å². The van der Waals surface area contributed by atoms with Crippen molar-refractivity contribution in [1.29, 1.82) is 0 Å². The Kier molecular flexibility index (Phi) is 8.08. The highest BCUT2D eigenvalue weighted by Gasteiger charge is 2.45. The fraction of sp³-hybridized carbons (Fsp3) is 0.179. The number of imide groups is 1. The first kappa shape index (κ1) is 25.8. The number of benzene rings is 3. The Labute approximate surface area is 219 Å². The number of ether oxygens (including phenoxy) is 1. The van der Waals surface area contributed by atoms with Gasteiger partial charge in [-0.2, -0.15) is 0 Å². The largest absolute Gasteiger partial charge is 0.491 e. The lowest BCUT2D eigenvalue weighted by atomic mass is 10.0. The Balaban J connectivity index is 1.60. The van der Waals surface area contributed by atoms with Crippen molar-refractivity contribution >= 4 is 35.1 Å². The number of halogens is 1. The van der Waals surface area contributed by atoms with Gasteiger partial charge in [-0.3, -0.25) is 9.59 Å². The Morgan fingerprint density at radius 3 is 2.51 bits per heavy atom. The van der Waals surface area contributed by atoms with Crippen molar-refractivity contribution in [3.05, 3.63) is 94.5 Å². The maximum Gasteiger partial charge on any atom is 0.325 e. The SMILES string of the molecule is C#Cc1ccc(NC(=O)C(Cc2ccccc2)N2C(=O)NC(c3ccc(OCCO)cc3)C2=O)c(Cl)c1. The molecule has 8 nitrogen and oxygen atoms in total. The van der Waals surface area contributed by atoms with E-state index in [1.54, 1.807) is 42.5 Å². The number of urea groups is 1. The maximum atomic E-state index is 13.5. The van der Waals surface area contributed by atoms with E-state index < -0.39 is 29.9 Å². The lowest BCUT2D eigenvalue weighted by Gasteiger charge is -2.25. The number of hydrogen-bond donors (Lipinski definition) is 3. The highest BCUT2D eigenvalue weighted by atomic mass is 35.5. The van der Waals surface area contributed by atoms with Crippen LogP contribution in [-0.2, 0) is 16.0 Å². The Morgan fingerprint density at radius 1 is 1.14 bits per heavy atom. The Morgan fingerprint density at radius 2 is 1.86 bits per heavy atom. The summed E-state index contributed by atoms with van der Waals surface area (Å²) in [4.78, 5) is 40.9. The van der Waals surface area contributed by atoms with E-state index in [2.05, 4.69) is 16.6 Å². The molecule has 188 valence electrons. The van der Waals surface area contributed by atoms with Crippen LogP contribution in [0.2, 0.25) is 5.02 Å². The number of carbonyl (C=O) groups excluding carboxylic acids is 3. The van der Waals surface area contributed by atoms with Crippen LogP contribution < -0.4 is 15.4 Å². The molecule has 37 heavy (non-hydrogen) atoms. The van der Waals surface area contributed by atoms with Crippen molar-refractivity contribution in [2.24, 2.45) is 0 Å². The summed E-state index contributed by atoms with van der Waals surface area (Å²) >= 11 is 6.29. The fourth-order valence-corrected chi connectivity index (χ4v) is 4.22. The summed E-state index contributed by atoms with van der Waals surface area (Å²) in [5.41, 5.74) is 2.16. The standard InChI is InChI=1S/C28H24ClN3O5/c1-2-18-8-13-23(22(29)16-18)30-26(34)24(17-19-6-4-3-5-7-19)32-27(35)25(31-28(32)36)20-9-11-21(12-10-20)37-15-14-33/h1,3-13,16,24-25,33H,14-15,17H2,(H,30,34)(H,31,36). The lowest BCUT2D eigenvalue weighted by Crippen LogP contribution is -2.49. The van der Waals surface area contributed by atoms with Gasteiger partial charge in [-0.15, -0.1) is 6.42 Å². The Bertz CT molecular complexity index is 1340. The number of nitrogens with zero attached hydrogens (tertiary/aromatic N) is 1. The van der Waals surface area contributed by atoms with Gasteiger partial charge in [0.15, 0.2) is 0 Å². The summed E-state index contributed by atoms with van der Waals surface area (Å²) < 4.78 is 5.35. The predicted octanol–water partition coefficient (Wildman–Crippen LogP) is 3.54. The summed E-state index contributed by atoms with van der Waals surface area (Å²) in [6, 6.07) is 17.6. The van der Waals surface area contributed by atoms with E-state index in [0.717, 1.165) is 10.5 Å². The number of carbonyl (C=O) groups is 3. The van der Waals surface area contributed by atoms with Crippen molar-refractivity contribution in [1.82, 2.24) is 10.2 Å². The average Bonchev–Trinajstić information content (AvgIpc) is 3.21. The summed E-state index contributed by atoms with van der Waals surface area (Å²) in [6.07, 6.45) is 5.51. The maximum absolute atomic E-state index is 13.5. The van der Waals surface area contributed by atoms with Crippen molar-refractivity contribution in [2.45, 2.75) is 18.5 Å². The van der Waals surface area contributed by atoms with Gasteiger partial charge in [0.2, 0.25) is 5.91 Å². The van der Waals surface area contributed by atoms with Gasteiger partial charge in [-0.05, 0) is 41.5 Å². The van der Waals surface area contributed by atoms with Gasteiger partial charge in [0.25, 0.3) is 5.91 Å². The van der Waals surface area contributed by atoms with E-state index in [9.17, 15) is 14.4 Å². The quantitative estimate of drug-likeness (QED) is 0.297. The number of nitrogens with one attached hydrogen (secondary N) is 2. The summed E-state index contributed by atoms with van der Waals surface area (Å²) in [6.45, 7) is 0.00991. The normalized spacial score (nSPS) is 15.6. The molecular weight excluding hydrogens is 494 g/mol. The van der Waals surface area contributed by atoms with Gasteiger partial charge < -0.3 is 20.5 Å². The second-order valence-electron chi connectivity index (χ2n) is 8.27. The number of anilines is 1. The third-order valence-electron chi connectivity index (χ3n) is 5.82. The minimum absolute atomic E-state index is 0.104. The first-order valence-corrected chi connectivity index (χ1v) is 11.9. The fourth-order valence-electron chi connectivity index (χ4n) is 4.00. The van der Waals surface area contributed by atoms with Crippen LogP contribution in [0.25, 0.3) is 0 Å². The highest BCUT2D eigenvalue weighted by molar-refractivity contribution is 6.34. The molecule has 9 heteroatoms. The van der Waals surface area contributed by atoms with Crippen LogP contribution in [0.3, 0.4) is 0 Å². The van der Waals surface area contributed by atoms with E-state index in [4.69, 9.17) is 27.9 Å². The number of hydrogen-bond acceptors (Lipinski definition) is 5. The molecule has 1 heterocycles. The molecule has 3 aromatic rings. The minimum Gasteiger partial charge on any atom is -0.491 e. The zero-order valence-electron chi connectivity index (χ0n) is 19.7. The van der Waals surface area contributed by atoms with Gasteiger partial charge in [-0.25, -0.2) is 9.69 Å². The third-order valence-corrected chi connectivity index (χ3v) is 6.14. The molecule has 0 spiro atoms. The monoisotopic (exact) mass is 517 g/mol. The molecule has 0 radical (unpaired) electrons. The molecular formula is C28H24ClN3O5. The van der Waals surface area contributed by atoms with E-state index in [1.807, 2.05) is 30.3 Å². The lowest BCUT2D eigenvalue weighted by molar-refractivity contribution is -0.134. The van der Waals surface area contributed by atoms with Crippen molar-refractivity contribution in [2.75, 3.05) is 18.5 Å². The van der Waals surface area contributed by atoms with Crippen molar-refractivity contribution in [3.8, 4) is 18.1 Å². The molecule has 1 aliphatic rings. The number of aliphatic hydroxyl groups is 1. The average molecular weight is 518 g/mol. The highest BCUT2D eigenvalue weighted by Crippen LogP contribution is 2.28. The summed E-state index contributed by atoms with van der Waals surface area (Å²) in [7, 11) is 0. The smallest absolute Gasteiger partial charge is 0.325 e. The molecule has 4 rings (SSSR count). The second-order valence-corrected chi connectivity index (χ2v) is 8.67. The number of amides is 4. The third kappa shape index (κ3) is 5.92. The van der Waals surface area contributed by atoms with Gasteiger partial charge in [0, 0.05) is 12.0 Å². The zero-order chi connectivity index (χ0) is 26.4. The molecule has 0 bridgehead atoms. The molecule has 0 aliphatic carbocycles. The van der Waals surface area contributed by atoms with Crippen LogP contribution in [0.1, 0.15) is 22.7 Å². The van der Waals surface area contributed by atoms with Crippen LogP contribution in [0, 0.1) is 12.3 Å². The molecule has 2 atom stereocenters. The van der Waals surface area contributed by atoms with Gasteiger partial charge >= 0.3 is 6.03 Å². The first-order chi connectivity index (χ1) is 17.9. The van der Waals surface area contributed by atoms with E-state index in [0.29, 0.717) is 22.6 Å². The van der Waals surface area contributed by atoms with E-state index >= 15 is 0 Å². The number of terminal acetylenes is 1. The Hall–Kier alpha value is -4.32. The molecule has 3 N–H and O–H groups in total. The van der Waals surface area contributed by atoms with Gasteiger partial charge in [-0.1, -0.05) is 60.0 Å². The summed E-state index contributed by atoms with van der Waals surface area (Å²) in [5, 5.41) is 14.6. The van der Waals surface area contributed by atoms with Gasteiger partial charge in [0.1, 0.15) is 24.4 Å². The number of rotatable bonds is 9. The molecule has 0 aromatic heterocycles. The van der Waals surface area contributed by atoms with Crippen LogP contribution >= 0.6 is 11.6 Å². The van der Waals surface area contributed by atoms with Crippen LogP contribution in [0.5, 0.6) is 5.75 Å². The second kappa shape index (κ2) is 11.6. The zero-order valence-corrected chi connectivity index (χ0v) is 20.4. The van der Waals surface area contributed by atoms with Gasteiger partial charge in [0.05, 0.1) is 17.3 Å². The molecule has 4 amide bonds. The predicted molar refractivity (Wildman–Crippen MR) is 139 cm³/mol. The van der Waals surface area contributed by atoms with Crippen molar-refractivity contribution in [3.63, 3.8) is 0 Å². The van der Waals surface area contributed by atoms with Crippen LogP contribution in [-0.4, -0.2) is 47.1 Å². The molecule has 1 aliphatic heterocycles. The van der Waals surface area contributed by atoms with E-state index in [1.165, 1.54) is 0 Å². The van der Waals surface area contributed by atoms with E-state index in [-0.39, 0.29) is 24.7 Å². The molecule has 2 unspecified atom stereocenters. The van der Waals surface area contributed by atoms with Crippen LogP contribution in [0.4, 0.5) is 10.5 Å². The molecule has 1 saturated heterocycles. The minimum atomic E-state index is -1.14. The molecule has 1 fully saturated rings. The number of aliphatic hydroxyl groups excluding tert-OH is 1. The van der Waals surface area contributed by atoms with Crippen LogP contribution in [0.15, 0.2) is 72.8 Å². The molecule has 3 aromatic carbocycles. The first-order valence-electron chi connectivity index (χ1n) is 11.5. The van der Waals surface area contributed by atoms with Crippen molar-refractivity contribution < 1.29 is 24.2 Å². The summed E-state index contributed by atoms with van der Waals surface area (Å²) in [5.74, 6) is 1.86.